The molecule has 2 heterocycles. The quantitative estimate of drug-likeness (QED) is 0.507. The number of ether oxygens (including phenoxy) is 3. The van der Waals surface area contributed by atoms with Crippen LogP contribution >= 0.6 is 22.9 Å². The largest absolute Gasteiger partial charge is 0.507 e. The third-order valence-electron chi connectivity index (χ3n) is 5.52. The fourth-order valence-electron chi connectivity index (χ4n) is 3.91. The second-order valence-corrected chi connectivity index (χ2v) is 9.07. The van der Waals surface area contributed by atoms with Crippen molar-refractivity contribution < 1.29 is 24.1 Å². The summed E-state index contributed by atoms with van der Waals surface area (Å²) in [5, 5.41) is 10.7. The number of aromatic hydroxyl groups is 1. The normalized spacial score (nSPS) is 15.5. The molecular formula is C25H23ClN2O6S. The minimum atomic E-state index is -0.805. The Hall–Kier alpha value is -3.56. The number of fused-ring (bicyclic) bond motifs is 1. The standard InChI is InChI=1S/C25H23ClN2O6S/c1-5-34-24(31)21-13(2)27-25-28(22(21)14-6-9-18(32-3)19(11-14)33-4)23(30)20(35-25)12-15-10-16(26)7-8-17(15)29/h6-12,22,29H,5H2,1-4H3/b20-12+/t22-/m1/s1. The van der Waals surface area contributed by atoms with Crippen molar-refractivity contribution >= 4 is 35.0 Å². The second-order valence-electron chi connectivity index (χ2n) is 7.62. The van der Waals surface area contributed by atoms with Crippen LogP contribution in [0.3, 0.4) is 0 Å². The minimum Gasteiger partial charge on any atom is -0.507 e. The monoisotopic (exact) mass is 514 g/mol. The van der Waals surface area contributed by atoms with Gasteiger partial charge in [0, 0.05) is 10.6 Å². The highest BCUT2D eigenvalue weighted by Gasteiger charge is 2.34. The van der Waals surface area contributed by atoms with Gasteiger partial charge in [-0.1, -0.05) is 29.0 Å². The van der Waals surface area contributed by atoms with Crippen molar-refractivity contribution in [2.24, 2.45) is 4.99 Å². The Labute approximate surface area is 210 Å². The zero-order valence-corrected chi connectivity index (χ0v) is 21.1. The number of phenols is 1. The molecule has 0 radical (unpaired) electrons. The van der Waals surface area contributed by atoms with Gasteiger partial charge >= 0.3 is 5.97 Å². The molecule has 182 valence electrons. The first-order valence-corrected chi connectivity index (χ1v) is 11.9. The summed E-state index contributed by atoms with van der Waals surface area (Å²) >= 11 is 7.22. The Kier molecular flexibility index (Phi) is 7.00. The van der Waals surface area contributed by atoms with Crippen LogP contribution < -0.4 is 24.4 Å². The van der Waals surface area contributed by atoms with E-state index in [0.29, 0.717) is 42.7 Å². The number of benzene rings is 2. The van der Waals surface area contributed by atoms with E-state index in [9.17, 15) is 14.7 Å². The summed E-state index contributed by atoms with van der Waals surface area (Å²) in [7, 11) is 3.04. The molecule has 0 saturated carbocycles. The smallest absolute Gasteiger partial charge is 0.338 e. The molecule has 3 aromatic rings. The summed E-state index contributed by atoms with van der Waals surface area (Å²) in [5.41, 5.74) is 1.34. The first-order chi connectivity index (χ1) is 16.8. The number of carbonyl (C=O) groups is 1. The Morgan fingerprint density at radius 2 is 1.94 bits per heavy atom. The second kappa shape index (κ2) is 9.97. The zero-order chi connectivity index (χ0) is 25.3. The Morgan fingerprint density at radius 3 is 2.63 bits per heavy atom. The van der Waals surface area contributed by atoms with E-state index in [0.717, 1.165) is 11.3 Å². The maximum Gasteiger partial charge on any atom is 0.338 e. The number of halogens is 1. The van der Waals surface area contributed by atoms with Crippen molar-refractivity contribution in [3.8, 4) is 17.2 Å². The maximum absolute atomic E-state index is 13.6. The van der Waals surface area contributed by atoms with Crippen LogP contribution in [0.2, 0.25) is 5.02 Å². The highest BCUT2D eigenvalue weighted by Crippen LogP contribution is 2.36. The molecule has 8 nitrogen and oxygen atoms in total. The molecular weight excluding hydrogens is 492 g/mol. The number of esters is 1. The van der Waals surface area contributed by atoms with Crippen molar-refractivity contribution in [1.82, 2.24) is 4.57 Å². The Morgan fingerprint density at radius 1 is 1.20 bits per heavy atom. The maximum atomic E-state index is 13.6. The molecule has 0 amide bonds. The third kappa shape index (κ3) is 4.56. The molecule has 35 heavy (non-hydrogen) atoms. The van der Waals surface area contributed by atoms with Crippen molar-refractivity contribution in [2.45, 2.75) is 19.9 Å². The predicted octanol–water partition coefficient (Wildman–Crippen LogP) is 3.17. The molecule has 0 unspecified atom stereocenters. The van der Waals surface area contributed by atoms with Crippen LogP contribution in [0.15, 0.2) is 57.5 Å². The number of hydrogen-bond acceptors (Lipinski definition) is 8. The molecule has 0 bridgehead atoms. The number of carbonyl (C=O) groups excluding carboxylic acids is 1. The molecule has 1 aromatic heterocycles. The topological polar surface area (TPSA) is 99.4 Å². The van der Waals surface area contributed by atoms with Gasteiger partial charge in [0.25, 0.3) is 5.56 Å². The Bertz CT molecular complexity index is 1520. The highest BCUT2D eigenvalue weighted by atomic mass is 35.5. The first-order valence-electron chi connectivity index (χ1n) is 10.7. The van der Waals surface area contributed by atoms with Gasteiger partial charge in [-0.3, -0.25) is 9.36 Å². The minimum absolute atomic E-state index is 0.0138. The van der Waals surface area contributed by atoms with Crippen LogP contribution in [0.1, 0.15) is 31.0 Å². The molecule has 10 heteroatoms. The van der Waals surface area contributed by atoms with E-state index in [4.69, 9.17) is 25.8 Å². The van der Waals surface area contributed by atoms with Crippen molar-refractivity contribution in [3.05, 3.63) is 83.5 Å². The lowest BCUT2D eigenvalue weighted by Crippen LogP contribution is -2.40. The summed E-state index contributed by atoms with van der Waals surface area (Å²) < 4.78 is 17.9. The van der Waals surface area contributed by atoms with Gasteiger partial charge in [0.1, 0.15) is 5.75 Å². The number of hydrogen-bond donors (Lipinski definition) is 1. The van der Waals surface area contributed by atoms with E-state index in [2.05, 4.69) is 4.99 Å². The van der Waals surface area contributed by atoms with Crippen LogP contribution in [0.5, 0.6) is 17.2 Å². The predicted molar refractivity (Wildman–Crippen MR) is 133 cm³/mol. The average Bonchev–Trinajstić information content (AvgIpc) is 3.14. The summed E-state index contributed by atoms with van der Waals surface area (Å²) in [6, 6.07) is 8.98. The molecule has 1 aliphatic heterocycles. The number of allylic oxidation sites excluding steroid dienone is 1. The fraction of sp³-hybridized carbons (Fsp3) is 0.240. The molecule has 1 N–H and O–H groups in total. The van der Waals surface area contributed by atoms with Gasteiger partial charge in [-0.15, -0.1) is 0 Å². The fourth-order valence-corrected chi connectivity index (χ4v) is 5.13. The number of thiazole rings is 1. The first kappa shape index (κ1) is 24.6. The summed E-state index contributed by atoms with van der Waals surface area (Å²) in [6.45, 7) is 3.60. The number of methoxy groups -OCH3 is 2. The lowest BCUT2D eigenvalue weighted by atomic mass is 9.95. The molecule has 2 aromatic carbocycles. The lowest BCUT2D eigenvalue weighted by molar-refractivity contribution is -0.139. The van der Waals surface area contributed by atoms with Gasteiger partial charge in [-0.25, -0.2) is 9.79 Å². The van der Waals surface area contributed by atoms with Crippen LogP contribution in [0.4, 0.5) is 0 Å². The number of nitrogens with zero attached hydrogens (tertiary/aromatic N) is 2. The number of phenolic OH excluding ortho intramolecular Hbond substituents is 1. The van der Waals surface area contributed by atoms with Gasteiger partial charge in [0.15, 0.2) is 16.3 Å². The van der Waals surface area contributed by atoms with Crippen molar-refractivity contribution in [1.29, 1.82) is 0 Å². The average molecular weight is 515 g/mol. The third-order valence-corrected chi connectivity index (χ3v) is 6.73. The molecule has 0 spiro atoms. The number of aromatic nitrogens is 1. The van der Waals surface area contributed by atoms with Gasteiger partial charge in [0.05, 0.1) is 42.7 Å². The lowest BCUT2D eigenvalue weighted by Gasteiger charge is -2.25. The molecule has 1 aliphatic rings. The SMILES string of the molecule is CCOC(=O)C1=C(C)N=c2s/c(=C/c3cc(Cl)ccc3O)c(=O)n2[C@@H]1c1ccc(OC)c(OC)c1. The van der Waals surface area contributed by atoms with Crippen LogP contribution in [0, 0.1) is 0 Å². The van der Waals surface area contributed by atoms with E-state index in [1.54, 1.807) is 50.3 Å². The van der Waals surface area contributed by atoms with E-state index in [1.165, 1.54) is 24.9 Å². The highest BCUT2D eigenvalue weighted by molar-refractivity contribution is 7.07. The van der Waals surface area contributed by atoms with Crippen molar-refractivity contribution in [3.63, 3.8) is 0 Å². The number of rotatable bonds is 6. The summed E-state index contributed by atoms with van der Waals surface area (Å²) in [5.74, 6) is 0.391. The van der Waals surface area contributed by atoms with Crippen LogP contribution in [-0.4, -0.2) is 36.5 Å². The Balaban J connectivity index is 1.99. The van der Waals surface area contributed by atoms with E-state index >= 15 is 0 Å². The molecule has 0 saturated heterocycles. The summed E-state index contributed by atoms with van der Waals surface area (Å²) in [6.07, 6.45) is 1.56. The molecule has 4 rings (SSSR count). The molecule has 0 fully saturated rings. The summed E-state index contributed by atoms with van der Waals surface area (Å²) in [4.78, 5) is 31.6. The molecule has 1 atom stereocenters. The van der Waals surface area contributed by atoms with E-state index < -0.39 is 12.0 Å². The molecule has 0 aliphatic carbocycles. The van der Waals surface area contributed by atoms with Gasteiger partial charge in [-0.05, 0) is 55.8 Å². The van der Waals surface area contributed by atoms with Crippen LogP contribution in [0.25, 0.3) is 6.08 Å². The van der Waals surface area contributed by atoms with E-state index in [-0.39, 0.29) is 23.5 Å². The van der Waals surface area contributed by atoms with Crippen molar-refractivity contribution in [2.75, 3.05) is 20.8 Å². The van der Waals surface area contributed by atoms with Gasteiger partial charge in [-0.2, -0.15) is 0 Å². The van der Waals surface area contributed by atoms with Crippen LogP contribution in [-0.2, 0) is 9.53 Å². The zero-order valence-electron chi connectivity index (χ0n) is 19.5. The van der Waals surface area contributed by atoms with Gasteiger partial charge < -0.3 is 19.3 Å². The van der Waals surface area contributed by atoms with E-state index in [1.807, 2.05) is 0 Å². The van der Waals surface area contributed by atoms with Gasteiger partial charge in [0.2, 0.25) is 0 Å².